The molecular weight excluding hydrogens is 1240 g/mol. The summed E-state index contributed by atoms with van der Waals surface area (Å²) < 4.78 is 42.2. The molecule has 10 amide bonds. The van der Waals surface area contributed by atoms with Gasteiger partial charge in [0, 0.05) is 62.4 Å². The summed E-state index contributed by atoms with van der Waals surface area (Å²) in [6.07, 6.45) is -1.30. The second-order valence-corrected chi connectivity index (χ2v) is 21.4. The number of nitrogens with zero attached hydrogens (tertiary/aromatic N) is 3. The van der Waals surface area contributed by atoms with Crippen molar-refractivity contribution in [3.05, 3.63) is 58.5 Å². The Balaban J connectivity index is 0.00000396. The number of carbonyl (C=O) groups excluding carboxylic acids is 10. The van der Waals surface area contributed by atoms with Gasteiger partial charge in [-0.2, -0.15) is 13.2 Å². The maximum absolute atomic E-state index is 14.6. The number of nitrogens with two attached hydrogens (primary N) is 6. The first-order valence-electron chi connectivity index (χ1n) is 29.4. The van der Waals surface area contributed by atoms with Crippen LogP contribution in [0.2, 0.25) is 0 Å². The zero-order valence-corrected chi connectivity index (χ0v) is 52.2. The lowest BCUT2D eigenvalue weighted by molar-refractivity contribution is -0.192. The van der Waals surface area contributed by atoms with Crippen molar-refractivity contribution in [2.75, 3.05) is 39.8 Å². The number of carbonyl (C=O) groups is 11. The fourth-order valence-electron chi connectivity index (χ4n) is 8.60. The number of amides is 10. The second kappa shape index (κ2) is 40.6. The summed E-state index contributed by atoms with van der Waals surface area (Å²) in [4.78, 5) is 171. The smallest absolute Gasteiger partial charge is 0.490 e. The van der Waals surface area contributed by atoms with Gasteiger partial charge in [-0.25, -0.2) is 14.6 Å². The summed E-state index contributed by atoms with van der Waals surface area (Å²) in [5.74, 6) is -10.7. The van der Waals surface area contributed by atoms with Crippen molar-refractivity contribution in [1.29, 1.82) is 0 Å². The average Bonchev–Trinajstić information content (AvgIpc) is 1.14. The van der Waals surface area contributed by atoms with Crippen molar-refractivity contribution in [1.82, 2.24) is 57.8 Å². The predicted molar refractivity (Wildman–Crippen MR) is 330 cm³/mol. The molecule has 1 aromatic carbocycles. The van der Waals surface area contributed by atoms with Crippen LogP contribution in [0.4, 0.5) is 13.2 Å². The summed E-state index contributed by atoms with van der Waals surface area (Å²) in [6, 6.07) is -3.35. The van der Waals surface area contributed by atoms with E-state index in [4.69, 9.17) is 53.5 Å². The molecule has 516 valence electrons. The van der Waals surface area contributed by atoms with E-state index >= 15 is 0 Å². The third kappa shape index (κ3) is 31.0. The number of aliphatic carboxylic acids is 1. The number of rotatable bonds is 39. The minimum absolute atomic E-state index is 0.000337. The number of aromatic amines is 1. The molecule has 37 heteroatoms. The first kappa shape index (κ1) is 79.0. The average molecular weight is 1320 g/mol. The third-order valence-corrected chi connectivity index (χ3v) is 13.4. The van der Waals surface area contributed by atoms with Gasteiger partial charge in [-0.1, -0.05) is 13.8 Å². The number of carboxylic acids is 1. The van der Waals surface area contributed by atoms with E-state index in [9.17, 15) is 65.9 Å². The number of guanidine groups is 2. The van der Waals surface area contributed by atoms with E-state index in [0.717, 1.165) is 6.07 Å². The highest BCUT2D eigenvalue weighted by atomic mass is 19.4. The Morgan fingerprint density at radius 2 is 1.16 bits per heavy atom. The molecule has 3 aromatic rings. The highest BCUT2D eigenvalue weighted by molar-refractivity contribution is 5.98. The van der Waals surface area contributed by atoms with Gasteiger partial charge in [-0.15, -0.1) is 0 Å². The molecule has 0 bridgehead atoms. The Morgan fingerprint density at radius 1 is 0.667 bits per heavy atom. The number of aliphatic imine (C=N–C) groups is 2. The van der Waals surface area contributed by atoms with Gasteiger partial charge in [0.1, 0.15) is 53.6 Å². The number of H-pyrrole nitrogens is 1. The van der Waals surface area contributed by atoms with Gasteiger partial charge in [-0.05, 0) is 101 Å². The molecule has 0 aliphatic heterocycles. The Morgan fingerprint density at radius 3 is 1.62 bits per heavy atom. The zero-order valence-electron chi connectivity index (χ0n) is 52.2. The molecule has 0 saturated carbocycles. The number of benzene rings is 1. The fourth-order valence-corrected chi connectivity index (χ4v) is 8.60. The number of hydrogen-bond donors (Lipinski definition) is 17. The summed E-state index contributed by atoms with van der Waals surface area (Å²) in [6.45, 7) is 5.99. The lowest BCUT2D eigenvalue weighted by Gasteiger charge is -2.28. The van der Waals surface area contributed by atoms with Gasteiger partial charge in [0.15, 0.2) is 11.9 Å². The number of hydrogen-bond acceptors (Lipinski definition) is 18. The fraction of sp³-hybridized carbons (Fsp3) is 0.554. The van der Waals surface area contributed by atoms with Crippen LogP contribution in [0.1, 0.15) is 103 Å². The molecule has 0 aliphatic rings. The van der Waals surface area contributed by atoms with Gasteiger partial charge >= 0.3 is 17.8 Å². The van der Waals surface area contributed by atoms with Crippen LogP contribution in [0.25, 0.3) is 11.0 Å². The summed E-state index contributed by atoms with van der Waals surface area (Å²) in [7, 11) is 1.44. The van der Waals surface area contributed by atoms with Crippen LogP contribution in [-0.2, 0) is 65.6 Å². The van der Waals surface area contributed by atoms with Crippen LogP contribution >= 0.6 is 0 Å². The maximum atomic E-state index is 14.6. The number of unbranched alkanes of at least 4 members (excludes halogenated alkanes) is 2. The molecule has 0 spiro atoms. The quantitative estimate of drug-likeness (QED) is 0.0113. The highest BCUT2D eigenvalue weighted by Crippen LogP contribution is 2.23. The summed E-state index contributed by atoms with van der Waals surface area (Å²) in [5.41, 5.74) is 33.7. The van der Waals surface area contributed by atoms with E-state index in [2.05, 4.69) is 67.8 Å². The zero-order chi connectivity index (χ0) is 70.0. The minimum atomic E-state index is -5.08. The number of carboxylic acid groups (broad SMARTS) is 1. The molecule has 93 heavy (non-hydrogen) atoms. The molecular formula is C56H86F3N19O15. The summed E-state index contributed by atoms with van der Waals surface area (Å²) in [5, 5.41) is 31.1. The molecule has 2 aromatic heterocycles. The van der Waals surface area contributed by atoms with Crippen molar-refractivity contribution >= 4 is 87.9 Å². The lowest BCUT2D eigenvalue weighted by atomic mass is 10.0. The molecule has 3 rings (SSSR count). The molecule has 34 nitrogen and oxygen atoms in total. The molecule has 2 heterocycles. The van der Waals surface area contributed by atoms with Gasteiger partial charge in [0.25, 0.3) is 0 Å². The highest BCUT2D eigenvalue weighted by Gasteiger charge is 2.38. The number of ether oxygens (including phenoxy) is 1. The normalized spacial score (nSPS) is 13.2. The second-order valence-electron chi connectivity index (χ2n) is 21.4. The van der Waals surface area contributed by atoms with Crippen molar-refractivity contribution in [2.24, 2.45) is 50.3 Å². The first-order chi connectivity index (χ1) is 43.8. The van der Waals surface area contributed by atoms with Crippen LogP contribution in [0.3, 0.4) is 0 Å². The van der Waals surface area contributed by atoms with Crippen molar-refractivity contribution in [3.63, 3.8) is 0 Å². The van der Waals surface area contributed by atoms with Crippen LogP contribution in [0.15, 0.2) is 56.0 Å². The van der Waals surface area contributed by atoms with Crippen LogP contribution < -0.4 is 92.6 Å². The molecule has 0 fully saturated rings. The maximum Gasteiger partial charge on any atom is 0.490 e. The molecule has 0 aliphatic carbocycles. The van der Waals surface area contributed by atoms with E-state index in [1.807, 2.05) is 0 Å². The van der Waals surface area contributed by atoms with Gasteiger partial charge in [0.2, 0.25) is 59.1 Å². The van der Waals surface area contributed by atoms with Gasteiger partial charge < -0.3 is 101 Å². The van der Waals surface area contributed by atoms with Gasteiger partial charge in [0.05, 0.1) is 26.4 Å². The number of imidazole rings is 1. The van der Waals surface area contributed by atoms with E-state index in [1.54, 1.807) is 26.0 Å². The lowest BCUT2D eigenvalue weighted by Crippen LogP contribution is -2.60. The minimum Gasteiger partial charge on any atom is -0.497 e. The predicted octanol–water partition coefficient (Wildman–Crippen LogP) is -3.84. The van der Waals surface area contributed by atoms with E-state index in [0.29, 0.717) is 41.7 Å². The molecule has 23 N–H and O–H groups in total. The van der Waals surface area contributed by atoms with Crippen molar-refractivity contribution in [3.8, 4) is 5.75 Å². The number of halogens is 3. The van der Waals surface area contributed by atoms with Crippen molar-refractivity contribution < 1.29 is 80.2 Å². The number of aromatic nitrogens is 2. The number of primary amides is 1. The summed E-state index contributed by atoms with van der Waals surface area (Å²) >= 11 is 0. The Kier molecular flexibility index (Phi) is 34.5. The van der Waals surface area contributed by atoms with E-state index in [-0.39, 0.29) is 107 Å². The molecule has 7 unspecified atom stereocenters. The first-order valence-corrected chi connectivity index (χ1v) is 29.4. The standard InChI is InChI=1S/C54H85N19O13.C2HF3O2/c1-29(2)45(46(56)78)73-51(83)37(12-6-8-18-55)69-49(81)38(14-10-20-63-53(57)58)71-52(84)40(24-33-26-61-28-66-33)72-50(82)39(15-11-21-64-54(59)60)70-48(80)36(13-7-9-19-62-31(4)74)68-47(79)30(3)67-43(76)27-65-42(75)22-32-23-44(77)86-41-25-34(85-5)16-17-35(32)41;3-2(4,5)1(6)7/h16-17,23,25-26,28-30,36-40,45H,6-15,18-22,24,27,55H2,1-5H3,(H2,56,78)(H,61,66)(H,62,74)(H,65,75)(H,67,76)(H,68,79)(H,69,81)(H,70,80)(H,71,84)(H,72,82)(H,73,83)(H4,57,58,63)(H4,59,60,64);(H,6,7). The Labute approximate surface area is 532 Å². The largest absolute Gasteiger partial charge is 0.497 e. The molecule has 0 radical (unpaired) electrons. The number of nitrogens with one attached hydrogen (secondary N) is 10. The van der Waals surface area contributed by atoms with Crippen LogP contribution in [0.5, 0.6) is 5.75 Å². The number of fused-ring (bicyclic) bond motifs is 1. The van der Waals surface area contributed by atoms with Crippen LogP contribution in [-0.4, -0.2) is 180 Å². The van der Waals surface area contributed by atoms with Crippen molar-refractivity contribution in [2.45, 2.75) is 153 Å². The van der Waals surface area contributed by atoms with Gasteiger partial charge in [-0.3, -0.25) is 57.9 Å². The molecule has 7 atom stereocenters. The van der Waals surface area contributed by atoms with E-state index < -0.39 is 126 Å². The number of alkyl halides is 3. The molecule has 0 saturated heterocycles. The Bertz CT molecular complexity index is 3120. The third-order valence-electron chi connectivity index (χ3n) is 13.4. The topological polar surface area (TPSA) is 565 Å². The Hall–Kier alpha value is -10.1. The monoisotopic (exact) mass is 1320 g/mol. The van der Waals surface area contributed by atoms with Crippen LogP contribution in [0, 0.1) is 5.92 Å². The SMILES string of the molecule is COc1ccc2c(CC(=O)NCC(=O)NC(C)C(=O)NC(CCCCNC(C)=O)C(=O)NC(CCCN=C(N)N)C(=O)NC(Cc3cnc[nH]3)C(=O)NC(CCCN=C(N)N)C(=O)NC(CCCCN)C(=O)NC(C(N)=O)C(C)C)cc(=O)oc2c1.O=C(O)C(F)(F)F. The number of methoxy groups -OCH3 is 1. The van der Waals surface area contributed by atoms with E-state index in [1.165, 1.54) is 39.5 Å².